The molecule has 1 heterocycles. The van der Waals surface area contributed by atoms with E-state index in [0.717, 1.165) is 11.1 Å². The molecule has 1 aromatic heterocycles. The highest BCUT2D eigenvalue weighted by atomic mass is 16.6. The van der Waals surface area contributed by atoms with Crippen molar-refractivity contribution < 1.29 is 9.63 Å². The fourth-order valence-electron chi connectivity index (χ4n) is 2.69. The molecule has 3 rings (SSSR count). The predicted molar refractivity (Wildman–Crippen MR) is 106 cm³/mol. The number of carbonyl (C=O) groups is 1. The lowest BCUT2D eigenvalue weighted by Crippen LogP contribution is -2.25. The van der Waals surface area contributed by atoms with Crippen molar-refractivity contribution in [1.29, 1.82) is 5.26 Å². The number of amides is 1. The normalized spacial score (nSPS) is 11.3. The van der Waals surface area contributed by atoms with Crippen LogP contribution in [0.5, 0.6) is 0 Å². The van der Waals surface area contributed by atoms with Crippen LogP contribution in [0.1, 0.15) is 40.0 Å². The van der Waals surface area contributed by atoms with Crippen LogP contribution in [0.15, 0.2) is 73.1 Å². The summed E-state index contributed by atoms with van der Waals surface area (Å²) < 4.78 is 0. The zero-order valence-electron chi connectivity index (χ0n) is 15.4. The monoisotopic (exact) mass is 372 g/mol. The smallest absolute Gasteiger partial charge is 0.276 e. The van der Waals surface area contributed by atoms with Gasteiger partial charge >= 0.3 is 0 Å². The van der Waals surface area contributed by atoms with Gasteiger partial charge in [0.05, 0.1) is 23.8 Å². The summed E-state index contributed by atoms with van der Waals surface area (Å²) in [6.07, 6.45) is 3.48. The highest BCUT2D eigenvalue weighted by Gasteiger charge is 2.13. The molecular weight excluding hydrogens is 352 g/mol. The van der Waals surface area contributed by atoms with E-state index in [1.807, 2.05) is 31.2 Å². The van der Waals surface area contributed by atoms with E-state index in [1.54, 1.807) is 48.8 Å². The second-order valence-electron chi connectivity index (χ2n) is 6.22. The van der Waals surface area contributed by atoms with E-state index >= 15 is 0 Å². The Morgan fingerprint density at radius 2 is 1.82 bits per heavy atom. The van der Waals surface area contributed by atoms with Gasteiger partial charge in [-0.25, -0.2) is 5.48 Å². The first-order valence-electron chi connectivity index (χ1n) is 8.84. The lowest BCUT2D eigenvalue weighted by Gasteiger charge is -2.18. The van der Waals surface area contributed by atoms with Crippen molar-refractivity contribution in [3.63, 3.8) is 0 Å². The first-order valence-corrected chi connectivity index (χ1v) is 8.84. The number of rotatable bonds is 7. The van der Waals surface area contributed by atoms with E-state index in [0.29, 0.717) is 16.8 Å². The first-order chi connectivity index (χ1) is 13.7. The van der Waals surface area contributed by atoms with Crippen LogP contribution in [0, 0.1) is 11.3 Å². The number of aromatic nitrogens is 1. The van der Waals surface area contributed by atoms with E-state index in [2.05, 4.69) is 21.9 Å². The third-order valence-electron chi connectivity index (χ3n) is 4.24. The number of anilines is 1. The summed E-state index contributed by atoms with van der Waals surface area (Å²) in [5.74, 6) is -0.335. The highest BCUT2D eigenvalue weighted by molar-refractivity contribution is 5.99. The van der Waals surface area contributed by atoms with Gasteiger partial charge in [0.25, 0.3) is 5.91 Å². The molecule has 0 aliphatic rings. The molecule has 6 nitrogen and oxygen atoms in total. The summed E-state index contributed by atoms with van der Waals surface area (Å²) in [6.45, 7) is 2.23. The molecule has 0 aliphatic carbocycles. The summed E-state index contributed by atoms with van der Waals surface area (Å²) in [4.78, 5) is 21.9. The number of hydrogen-bond acceptors (Lipinski definition) is 5. The molecule has 140 valence electrons. The van der Waals surface area contributed by atoms with Gasteiger partial charge in [-0.2, -0.15) is 5.26 Å². The molecule has 0 saturated heterocycles. The Kier molecular flexibility index (Phi) is 6.34. The standard InChI is InChI=1S/C22H20N4O2/c1-16(19-10-12-24-13-11-19)25-21-5-3-2-4-20(21)22(27)26-28-15-18-8-6-17(14-23)7-9-18/h2-13,16,25H,15H2,1H3,(H,26,27). The minimum Gasteiger partial charge on any atom is -0.378 e. The number of benzene rings is 2. The summed E-state index contributed by atoms with van der Waals surface area (Å²) >= 11 is 0. The molecule has 2 N–H and O–H groups in total. The summed E-state index contributed by atoms with van der Waals surface area (Å²) in [7, 11) is 0. The summed E-state index contributed by atoms with van der Waals surface area (Å²) in [6, 6.07) is 20.2. The van der Waals surface area contributed by atoms with Gasteiger partial charge < -0.3 is 5.32 Å². The van der Waals surface area contributed by atoms with E-state index < -0.39 is 0 Å². The Balaban J connectivity index is 1.61. The molecule has 0 bridgehead atoms. The van der Waals surface area contributed by atoms with Crippen molar-refractivity contribution in [3.05, 3.63) is 95.3 Å². The maximum absolute atomic E-state index is 12.5. The van der Waals surface area contributed by atoms with Gasteiger partial charge in [0.2, 0.25) is 0 Å². The van der Waals surface area contributed by atoms with E-state index in [-0.39, 0.29) is 18.6 Å². The molecule has 2 aromatic carbocycles. The van der Waals surface area contributed by atoms with Crippen LogP contribution in [0.3, 0.4) is 0 Å². The number of hydroxylamine groups is 1. The fourth-order valence-corrected chi connectivity index (χ4v) is 2.69. The minimum absolute atomic E-state index is 0.0107. The Bertz CT molecular complexity index is 966. The largest absolute Gasteiger partial charge is 0.378 e. The third-order valence-corrected chi connectivity index (χ3v) is 4.24. The molecule has 6 heteroatoms. The Morgan fingerprint density at radius 1 is 1.11 bits per heavy atom. The molecule has 0 spiro atoms. The molecule has 1 atom stereocenters. The Labute approximate surface area is 163 Å². The molecule has 0 aliphatic heterocycles. The van der Waals surface area contributed by atoms with Gasteiger partial charge in [0.1, 0.15) is 0 Å². The van der Waals surface area contributed by atoms with Crippen molar-refractivity contribution >= 4 is 11.6 Å². The van der Waals surface area contributed by atoms with Crippen molar-refractivity contribution in [1.82, 2.24) is 10.5 Å². The topological polar surface area (TPSA) is 87.0 Å². The lowest BCUT2D eigenvalue weighted by atomic mass is 10.1. The molecule has 0 radical (unpaired) electrons. The maximum Gasteiger partial charge on any atom is 0.276 e. The van der Waals surface area contributed by atoms with Gasteiger partial charge in [-0.15, -0.1) is 0 Å². The molecule has 1 unspecified atom stereocenters. The summed E-state index contributed by atoms with van der Waals surface area (Å²) in [5, 5.41) is 12.2. The average molecular weight is 372 g/mol. The van der Waals surface area contributed by atoms with Gasteiger partial charge in [-0.05, 0) is 54.4 Å². The number of hydrogen-bond donors (Lipinski definition) is 2. The van der Waals surface area contributed by atoms with Crippen LogP contribution in [0.4, 0.5) is 5.69 Å². The van der Waals surface area contributed by atoms with Crippen LogP contribution in [0.2, 0.25) is 0 Å². The number of nitrogens with zero attached hydrogens (tertiary/aromatic N) is 2. The zero-order chi connectivity index (χ0) is 19.8. The molecule has 0 saturated carbocycles. The number of nitrogens with one attached hydrogen (secondary N) is 2. The Hall–Kier alpha value is -3.69. The van der Waals surface area contributed by atoms with Crippen LogP contribution in [-0.2, 0) is 11.4 Å². The van der Waals surface area contributed by atoms with Crippen LogP contribution >= 0.6 is 0 Å². The van der Waals surface area contributed by atoms with Crippen LogP contribution in [-0.4, -0.2) is 10.9 Å². The second-order valence-corrected chi connectivity index (χ2v) is 6.22. The molecule has 28 heavy (non-hydrogen) atoms. The number of pyridine rings is 1. The molecular formula is C22H20N4O2. The van der Waals surface area contributed by atoms with Crippen molar-refractivity contribution in [2.24, 2.45) is 0 Å². The summed E-state index contributed by atoms with van der Waals surface area (Å²) in [5.41, 5.74) is 6.19. The average Bonchev–Trinajstić information content (AvgIpc) is 2.75. The van der Waals surface area contributed by atoms with E-state index in [9.17, 15) is 4.79 Å². The van der Waals surface area contributed by atoms with Gasteiger partial charge in [0, 0.05) is 24.1 Å². The number of carbonyl (C=O) groups excluding carboxylic acids is 1. The van der Waals surface area contributed by atoms with E-state index in [1.165, 1.54) is 0 Å². The van der Waals surface area contributed by atoms with Crippen LogP contribution in [0.25, 0.3) is 0 Å². The minimum atomic E-state index is -0.335. The van der Waals surface area contributed by atoms with Gasteiger partial charge in [-0.1, -0.05) is 24.3 Å². The maximum atomic E-state index is 12.5. The van der Waals surface area contributed by atoms with Gasteiger partial charge in [-0.3, -0.25) is 14.6 Å². The van der Waals surface area contributed by atoms with Gasteiger partial charge in [0.15, 0.2) is 0 Å². The lowest BCUT2D eigenvalue weighted by molar-refractivity contribution is 0.0234. The van der Waals surface area contributed by atoms with Crippen molar-refractivity contribution in [3.8, 4) is 6.07 Å². The highest BCUT2D eigenvalue weighted by Crippen LogP contribution is 2.22. The fraction of sp³-hybridized carbons (Fsp3) is 0.136. The SMILES string of the molecule is CC(Nc1ccccc1C(=O)NOCc1ccc(C#N)cc1)c1ccncc1. The molecule has 0 fully saturated rings. The van der Waals surface area contributed by atoms with Crippen molar-refractivity contribution in [2.45, 2.75) is 19.6 Å². The first kappa shape index (κ1) is 19.1. The molecule has 3 aromatic rings. The third kappa shape index (κ3) is 4.93. The second kappa shape index (κ2) is 9.31. The number of nitriles is 1. The zero-order valence-corrected chi connectivity index (χ0v) is 15.4. The predicted octanol–water partition coefficient (Wildman–Crippen LogP) is 3.99. The quantitative estimate of drug-likeness (QED) is 0.613. The van der Waals surface area contributed by atoms with E-state index in [4.69, 9.17) is 10.1 Å². The molecule has 1 amide bonds. The Morgan fingerprint density at radius 3 is 2.54 bits per heavy atom. The van der Waals surface area contributed by atoms with Crippen LogP contribution < -0.4 is 10.8 Å². The van der Waals surface area contributed by atoms with Crippen molar-refractivity contribution in [2.75, 3.05) is 5.32 Å². The number of para-hydroxylation sites is 1.